The quantitative estimate of drug-likeness (QED) is 0.818. The minimum absolute atomic E-state index is 0.0852. The highest BCUT2D eigenvalue weighted by molar-refractivity contribution is 7.80. The molecule has 2 amide bonds. The maximum atomic E-state index is 13.3. The average Bonchev–Trinajstić information content (AvgIpc) is 2.69. The number of benzene rings is 2. The number of carbonyl (C=O) groups excluding carboxylic acids is 2. The van der Waals surface area contributed by atoms with Crippen LogP contribution in [0.5, 0.6) is 0 Å². The van der Waals surface area contributed by atoms with Crippen molar-refractivity contribution in [3.63, 3.8) is 0 Å². The molecule has 0 aliphatic carbocycles. The van der Waals surface area contributed by atoms with Gasteiger partial charge in [0, 0.05) is 42.9 Å². The largest absolute Gasteiger partial charge is 0.389 e. The van der Waals surface area contributed by atoms with E-state index in [0.29, 0.717) is 37.3 Å². The van der Waals surface area contributed by atoms with Gasteiger partial charge in [0.25, 0.3) is 11.8 Å². The van der Waals surface area contributed by atoms with E-state index in [1.54, 1.807) is 29.2 Å². The van der Waals surface area contributed by atoms with Gasteiger partial charge >= 0.3 is 0 Å². The second-order valence-corrected chi connectivity index (χ2v) is 6.59. The first-order chi connectivity index (χ1) is 12.9. The van der Waals surface area contributed by atoms with Crippen LogP contribution in [0.25, 0.3) is 0 Å². The van der Waals surface area contributed by atoms with Crippen LogP contribution in [0.15, 0.2) is 42.5 Å². The molecule has 1 saturated heterocycles. The number of hydrogen-bond donors (Lipinski definition) is 1. The Hall–Kier alpha value is -2.87. The first-order valence-corrected chi connectivity index (χ1v) is 8.71. The lowest BCUT2D eigenvalue weighted by atomic mass is 10.1. The summed E-state index contributed by atoms with van der Waals surface area (Å²) in [6, 6.07) is 9.78. The first-order valence-electron chi connectivity index (χ1n) is 8.30. The molecular formula is C19H17F2N3O2S. The predicted octanol–water partition coefficient (Wildman–Crippen LogP) is 2.20. The van der Waals surface area contributed by atoms with Crippen LogP contribution in [0.2, 0.25) is 0 Å². The van der Waals surface area contributed by atoms with Crippen molar-refractivity contribution in [2.45, 2.75) is 0 Å². The fourth-order valence-electron chi connectivity index (χ4n) is 2.88. The van der Waals surface area contributed by atoms with Crippen molar-refractivity contribution in [3.8, 4) is 0 Å². The molecule has 1 aliphatic rings. The van der Waals surface area contributed by atoms with Crippen LogP contribution in [-0.2, 0) is 0 Å². The summed E-state index contributed by atoms with van der Waals surface area (Å²) in [5.41, 5.74) is 6.82. The topological polar surface area (TPSA) is 66.6 Å². The second-order valence-electron chi connectivity index (χ2n) is 6.15. The highest BCUT2D eigenvalue weighted by Gasteiger charge is 2.26. The molecular weight excluding hydrogens is 372 g/mol. The summed E-state index contributed by atoms with van der Waals surface area (Å²) in [4.78, 5) is 28.4. The third-order valence-corrected chi connectivity index (χ3v) is 4.67. The number of halogens is 2. The zero-order chi connectivity index (χ0) is 19.6. The predicted molar refractivity (Wildman–Crippen MR) is 100 cm³/mol. The molecule has 0 bridgehead atoms. The molecule has 27 heavy (non-hydrogen) atoms. The SMILES string of the molecule is NC(=S)c1ccc(C(=O)N2CCN(C(=O)c3ccc(F)c(F)c3)CC2)cc1. The van der Waals surface area contributed by atoms with Gasteiger partial charge in [-0.25, -0.2) is 8.78 Å². The Balaban J connectivity index is 1.62. The lowest BCUT2D eigenvalue weighted by Crippen LogP contribution is -2.50. The summed E-state index contributed by atoms with van der Waals surface area (Å²) in [6.07, 6.45) is 0. The molecule has 0 aromatic heterocycles. The molecule has 1 fully saturated rings. The van der Waals surface area contributed by atoms with Gasteiger partial charge in [-0.05, 0) is 30.3 Å². The molecule has 0 atom stereocenters. The highest BCUT2D eigenvalue weighted by atomic mass is 32.1. The average molecular weight is 389 g/mol. The smallest absolute Gasteiger partial charge is 0.254 e. The normalized spacial score (nSPS) is 14.1. The van der Waals surface area contributed by atoms with Gasteiger partial charge in [-0.2, -0.15) is 0 Å². The number of amides is 2. The summed E-state index contributed by atoms with van der Waals surface area (Å²) in [5.74, 6) is -2.59. The molecule has 140 valence electrons. The van der Waals surface area contributed by atoms with E-state index in [-0.39, 0.29) is 22.4 Å². The molecule has 3 rings (SSSR count). The van der Waals surface area contributed by atoms with Crippen LogP contribution in [-0.4, -0.2) is 52.8 Å². The lowest BCUT2D eigenvalue weighted by Gasteiger charge is -2.35. The van der Waals surface area contributed by atoms with Crippen LogP contribution in [0, 0.1) is 11.6 Å². The molecule has 1 heterocycles. The Kier molecular flexibility index (Phi) is 5.46. The number of thiocarbonyl (C=S) groups is 1. The van der Waals surface area contributed by atoms with Gasteiger partial charge in [-0.1, -0.05) is 24.4 Å². The summed E-state index contributed by atoms with van der Waals surface area (Å²) in [7, 11) is 0. The first kappa shape index (κ1) is 18.9. The monoisotopic (exact) mass is 389 g/mol. The zero-order valence-electron chi connectivity index (χ0n) is 14.3. The molecule has 0 unspecified atom stereocenters. The molecule has 2 aromatic rings. The van der Waals surface area contributed by atoms with E-state index in [4.69, 9.17) is 18.0 Å². The summed E-state index contributed by atoms with van der Waals surface area (Å²) in [6.45, 7) is 1.33. The van der Waals surface area contributed by atoms with Gasteiger partial charge in [-0.15, -0.1) is 0 Å². The number of nitrogens with zero attached hydrogens (tertiary/aromatic N) is 2. The third-order valence-electron chi connectivity index (χ3n) is 4.44. The van der Waals surface area contributed by atoms with E-state index < -0.39 is 11.6 Å². The van der Waals surface area contributed by atoms with E-state index in [2.05, 4.69) is 0 Å². The Morgan fingerprint density at radius 2 is 1.22 bits per heavy atom. The van der Waals surface area contributed by atoms with E-state index in [1.807, 2.05) is 0 Å². The maximum Gasteiger partial charge on any atom is 0.254 e. The Labute approximate surface area is 160 Å². The van der Waals surface area contributed by atoms with E-state index in [1.165, 1.54) is 11.0 Å². The molecule has 8 heteroatoms. The second kappa shape index (κ2) is 7.79. The molecule has 0 saturated carbocycles. The van der Waals surface area contributed by atoms with Crippen molar-refractivity contribution in [2.24, 2.45) is 5.73 Å². The maximum absolute atomic E-state index is 13.3. The molecule has 0 spiro atoms. The Morgan fingerprint density at radius 3 is 1.70 bits per heavy atom. The third kappa shape index (κ3) is 4.11. The number of hydrogen-bond acceptors (Lipinski definition) is 3. The Morgan fingerprint density at radius 1 is 0.778 bits per heavy atom. The number of nitrogens with two attached hydrogens (primary N) is 1. The van der Waals surface area contributed by atoms with Gasteiger partial charge in [0.15, 0.2) is 11.6 Å². The lowest BCUT2D eigenvalue weighted by molar-refractivity contribution is 0.0535. The fraction of sp³-hybridized carbons (Fsp3) is 0.211. The summed E-state index contributed by atoms with van der Waals surface area (Å²) >= 11 is 4.89. The standard InChI is InChI=1S/C19H17F2N3O2S/c20-15-6-5-14(11-16(15)21)19(26)24-9-7-23(8-10-24)18(25)13-3-1-12(2-4-13)17(22)27/h1-6,11H,7-10H2,(H2,22,27). The minimum atomic E-state index is -1.06. The molecule has 5 nitrogen and oxygen atoms in total. The van der Waals surface area contributed by atoms with Crippen LogP contribution < -0.4 is 5.73 Å². The van der Waals surface area contributed by atoms with Crippen molar-refractivity contribution in [2.75, 3.05) is 26.2 Å². The van der Waals surface area contributed by atoms with Crippen LogP contribution >= 0.6 is 12.2 Å². The van der Waals surface area contributed by atoms with Gasteiger partial charge < -0.3 is 15.5 Å². The van der Waals surface area contributed by atoms with Crippen molar-refractivity contribution >= 4 is 29.0 Å². The van der Waals surface area contributed by atoms with Crippen molar-refractivity contribution < 1.29 is 18.4 Å². The van der Waals surface area contributed by atoms with Gasteiger partial charge in [0.05, 0.1) is 0 Å². The van der Waals surface area contributed by atoms with Crippen molar-refractivity contribution in [1.82, 2.24) is 9.80 Å². The van der Waals surface area contributed by atoms with Gasteiger partial charge in [-0.3, -0.25) is 9.59 Å². The van der Waals surface area contributed by atoms with Crippen LogP contribution in [0.4, 0.5) is 8.78 Å². The number of rotatable bonds is 3. The van der Waals surface area contributed by atoms with Crippen LogP contribution in [0.3, 0.4) is 0 Å². The van der Waals surface area contributed by atoms with E-state index >= 15 is 0 Å². The summed E-state index contributed by atoms with van der Waals surface area (Å²) in [5, 5.41) is 0. The van der Waals surface area contributed by atoms with E-state index in [0.717, 1.165) is 12.1 Å². The molecule has 2 aromatic carbocycles. The number of carbonyl (C=O) groups is 2. The Bertz CT molecular complexity index is 894. The highest BCUT2D eigenvalue weighted by Crippen LogP contribution is 2.15. The molecule has 0 radical (unpaired) electrons. The molecule has 1 aliphatic heterocycles. The molecule has 2 N–H and O–H groups in total. The fourth-order valence-corrected chi connectivity index (χ4v) is 3.02. The zero-order valence-corrected chi connectivity index (χ0v) is 15.1. The van der Waals surface area contributed by atoms with Crippen LogP contribution in [0.1, 0.15) is 26.3 Å². The van der Waals surface area contributed by atoms with E-state index in [9.17, 15) is 18.4 Å². The summed E-state index contributed by atoms with van der Waals surface area (Å²) < 4.78 is 26.3. The number of piperazine rings is 1. The minimum Gasteiger partial charge on any atom is -0.389 e. The van der Waals surface area contributed by atoms with Gasteiger partial charge in [0.1, 0.15) is 4.99 Å². The van der Waals surface area contributed by atoms with Gasteiger partial charge in [0.2, 0.25) is 0 Å². The van der Waals surface area contributed by atoms with Crippen molar-refractivity contribution in [3.05, 3.63) is 70.8 Å². The van der Waals surface area contributed by atoms with Crippen molar-refractivity contribution in [1.29, 1.82) is 0 Å².